The van der Waals surface area contributed by atoms with Gasteiger partial charge in [-0.2, -0.15) is 11.3 Å². The molecule has 0 saturated carbocycles. The van der Waals surface area contributed by atoms with Gasteiger partial charge in [-0.15, -0.1) is 0 Å². The van der Waals surface area contributed by atoms with Crippen molar-refractivity contribution in [3.63, 3.8) is 0 Å². The molecule has 1 heterocycles. The van der Waals surface area contributed by atoms with Crippen LogP contribution >= 0.6 is 22.9 Å². The molecular formula is C14H13ClN2O4S2. The van der Waals surface area contributed by atoms with Crippen molar-refractivity contribution < 1.29 is 18.0 Å². The van der Waals surface area contributed by atoms with E-state index in [0.29, 0.717) is 5.56 Å². The average molecular weight is 373 g/mol. The lowest BCUT2D eigenvalue weighted by molar-refractivity contribution is -0.119. The lowest BCUT2D eigenvalue weighted by Crippen LogP contribution is -2.34. The van der Waals surface area contributed by atoms with Crippen molar-refractivity contribution in [2.45, 2.75) is 11.3 Å². The zero-order valence-corrected chi connectivity index (χ0v) is 14.2. The normalized spacial score (nSPS) is 11.0. The molecule has 0 atom stereocenters. The first-order valence-corrected chi connectivity index (χ1v) is 9.30. The van der Waals surface area contributed by atoms with Gasteiger partial charge in [0.15, 0.2) is 0 Å². The predicted octanol–water partition coefficient (Wildman–Crippen LogP) is 2.03. The third kappa shape index (κ3) is 5.05. The summed E-state index contributed by atoms with van der Waals surface area (Å²) in [5.74, 6) is -1.02. The van der Waals surface area contributed by atoms with E-state index < -0.39 is 15.9 Å². The zero-order chi connectivity index (χ0) is 16.9. The highest BCUT2D eigenvalue weighted by Crippen LogP contribution is 2.15. The second-order valence-corrected chi connectivity index (χ2v) is 7.40. The first kappa shape index (κ1) is 17.5. The monoisotopic (exact) mass is 372 g/mol. The van der Waals surface area contributed by atoms with Crippen LogP contribution in [0.15, 0.2) is 46.0 Å². The van der Waals surface area contributed by atoms with Crippen LogP contribution in [0.1, 0.15) is 16.8 Å². The van der Waals surface area contributed by atoms with Crippen LogP contribution in [0.4, 0.5) is 0 Å². The highest BCUT2D eigenvalue weighted by molar-refractivity contribution is 7.90. The molecule has 2 N–H and O–H groups in total. The van der Waals surface area contributed by atoms with Gasteiger partial charge in [0.05, 0.1) is 4.90 Å². The van der Waals surface area contributed by atoms with Crippen LogP contribution in [-0.4, -0.2) is 26.8 Å². The molecule has 1 aromatic heterocycles. The van der Waals surface area contributed by atoms with Crippen molar-refractivity contribution in [1.29, 1.82) is 0 Å². The van der Waals surface area contributed by atoms with E-state index in [0.717, 1.165) is 0 Å². The Morgan fingerprint density at radius 2 is 2.00 bits per heavy atom. The Balaban J connectivity index is 1.86. The Kier molecular flexibility index (Phi) is 5.75. The van der Waals surface area contributed by atoms with Gasteiger partial charge in [-0.05, 0) is 29.6 Å². The minimum absolute atomic E-state index is 0.0333. The van der Waals surface area contributed by atoms with Crippen LogP contribution in [0.2, 0.25) is 5.02 Å². The predicted molar refractivity (Wildman–Crippen MR) is 88.0 cm³/mol. The summed E-state index contributed by atoms with van der Waals surface area (Å²) in [4.78, 5) is 23.3. The molecular weight excluding hydrogens is 360 g/mol. The number of carbonyl (C=O) groups excluding carboxylic acids is 2. The van der Waals surface area contributed by atoms with Crippen molar-refractivity contribution in [2.75, 3.05) is 6.54 Å². The molecule has 0 aliphatic carbocycles. The van der Waals surface area contributed by atoms with Crippen LogP contribution in [0.3, 0.4) is 0 Å². The molecule has 23 heavy (non-hydrogen) atoms. The van der Waals surface area contributed by atoms with Gasteiger partial charge in [-0.1, -0.05) is 17.7 Å². The summed E-state index contributed by atoms with van der Waals surface area (Å²) in [7, 11) is -3.97. The standard InChI is InChI=1S/C14H13ClN2O4S2/c15-11-2-1-3-12(8-11)23(20,21)17-13(18)4-6-16-14(19)10-5-7-22-9-10/h1-3,5,7-9H,4,6H2,(H,16,19)(H,17,18). The number of hydrogen-bond donors (Lipinski definition) is 2. The fourth-order valence-electron chi connectivity index (χ4n) is 1.68. The largest absolute Gasteiger partial charge is 0.351 e. The van der Waals surface area contributed by atoms with Crippen LogP contribution in [0.25, 0.3) is 0 Å². The summed E-state index contributed by atoms with van der Waals surface area (Å²) in [5.41, 5.74) is 0.502. The van der Waals surface area contributed by atoms with E-state index in [4.69, 9.17) is 11.6 Å². The number of thiophene rings is 1. The number of sulfonamides is 1. The SMILES string of the molecule is O=C(CCNC(=O)c1ccsc1)NS(=O)(=O)c1cccc(Cl)c1. The number of nitrogens with one attached hydrogen (secondary N) is 2. The number of benzene rings is 1. The lowest BCUT2D eigenvalue weighted by atomic mass is 10.3. The minimum atomic E-state index is -3.97. The van der Waals surface area contributed by atoms with Crippen LogP contribution in [-0.2, 0) is 14.8 Å². The van der Waals surface area contributed by atoms with E-state index in [-0.39, 0.29) is 28.8 Å². The Bertz CT molecular complexity index is 804. The van der Waals surface area contributed by atoms with E-state index in [1.807, 2.05) is 4.72 Å². The highest BCUT2D eigenvalue weighted by Gasteiger charge is 2.17. The van der Waals surface area contributed by atoms with Gasteiger partial charge in [-0.3, -0.25) is 9.59 Å². The third-order valence-electron chi connectivity index (χ3n) is 2.78. The molecule has 1 aromatic carbocycles. The summed E-state index contributed by atoms with van der Waals surface area (Å²) in [6, 6.07) is 7.24. The quantitative estimate of drug-likeness (QED) is 0.811. The Morgan fingerprint density at radius 1 is 1.22 bits per heavy atom. The van der Waals surface area contributed by atoms with E-state index >= 15 is 0 Å². The summed E-state index contributed by atoms with van der Waals surface area (Å²) in [6.45, 7) is 0.0333. The second-order valence-electron chi connectivity index (χ2n) is 4.50. The summed E-state index contributed by atoms with van der Waals surface area (Å²) >= 11 is 7.12. The first-order valence-electron chi connectivity index (χ1n) is 6.50. The van der Waals surface area contributed by atoms with Gasteiger partial charge in [0.1, 0.15) is 0 Å². The number of carbonyl (C=O) groups is 2. The lowest BCUT2D eigenvalue weighted by Gasteiger charge is -2.08. The maximum atomic E-state index is 12.0. The number of hydrogen-bond acceptors (Lipinski definition) is 5. The molecule has 0 radical (unpaired) electrons. The Labute approximate surface area is 142 Å². The smallest absolute Gasteiger partial charge is 0.264 e. The molecule has 9 heteroatoms. The summed E-state index contributed by atoms with van der Waals surface area (Å²) < 4.78 is 25.9. The number of rotatable bonds is 6. The average Bonchev–Trinajstić information content (AvgIpc) is 3.01. The molecule has 0 saturated heterocycles. The summed E-state index contributed by atoms with van der Waals surface area (Å²) in [6.07, 6.45) is -0.157. The van der Waals surface area contributed by atoms with Crippen LogP contribution in [0.5, 0.6) is 0 Å². The van der Waals surface area contributed by atoms with Gasteiger partial charge >= 0.3 is 0 Å². The highest BCUT2D eigenvalue weighted by atomic mass is 35.5. The van der Waals surface area contributed by atoms with Gasteiger partial charge < -0.3 is 5.32 Å². The van der Waals surface area contributed by atoms with E-state index in [1.165, 1.54) is 35.6 Å². The fourth-order valence-corrected chi connectivity index (χ4v) is 3.63. The topological polar surface area (TPSA) is 92.3 Å². The van der Waals surface area contributed by atoms with Crippen molar-refractivity contribution in [3.8, 4) is 0 Å². The van der Waals surface area contributed by atoms with Gasteiger partial charge in [0, 0.05) is 28.9 Å². The molecule has 2 aromatic rings. The van der Waals surface area contributed by atoms with Crippen molar-refractivity contribution in [1.82, 2.24) is 10.0 Å². The molecule has 0 bridgehead atoms. The summed E-state index contributed by atoms with van der Waals surface area (Å²) in [5, 5.41) is 6.24. The van der Waals surface area contributed by atoms with Crippen molar-refractivity contribution in [2.24, 2.45) is 0 Å². The Hall–Kier alpha value is -1.90. The first-order chi connectivity index (χ1) is 10.9. The van der Waals surface area contributed by atoms with Crippen LogP contribution in [0, 0.1) is 0 Å². The molecule has 2 rings (SSSR count). The molecule has 0 fully saturated rings. The van der Waals surface area contributed by atoms with Crippen LogP contribution < -0.4 is 10.0 Å². The molecule has 2 amide bonds. The number of halogens is 1. The molecule has 6 nitrogen and oxygen atoms in total. The Morgan fingerprint density at radius 3 is 2.65 bits per heavy atom. The molecule has 0 unspecified atom stereocenters. The zero-order valence-electron chi connectivity index (χ0n) is 11.8. The van der Waals surface area contributed by atoms with Gasteiger partial charge in [-0.25, -0.2) is 13.1 Å². The van der Waals surface area contributed by atoms with Gasteiger partial charge in [0.2, 0.25) is 5.91 Å². The van der Waals surface area contributed by atoms with E-state index in [2.05, 4.69) is 5.32 Å². The van der Waals surface area contributed by atoms with Gasteiger partial charge in [0.25, 0.3) is 15.9 Å². The minimum Gasteiger partial charge on any atom is -0.351 e. The van der Waals surface area contributed by atoms with E-state index in [1.54, 1.807) is 16.8 Å². The molecule has 122 valence electrons. The maximum Gasteiger partial charge on any atom is 0.264 e. The van der Waals surface area contributed by atoms with Crippen molar-refractivity contribution in [3.05, 3.63) is 51.7 Å². The maximum absolute atomic E-state index is 12.0. The molecule has 0 aliphatic rings. The van der Waals surface area contributed by atoms with Crippen molar-refractivity contribution >= 4 is 44.8 Å². The molecule has 0 aliphatic heterocycles. The third-order valence-corrected chi connectivity index (χ3v) is 5.06. The second kappa shape index (κ2) is 7.58. The molecule has 0 spiro atoms. The fraction of sp³-hybridized carbons (Fsp3) is 0.143. The number of amides is 2. The van der Waals surface area contributed by atoms with E-state index in [9.17, 15) is 18.0 Å².